The smallest absolute Gasteiger partial charge is 0.174 e. The van der Waals surface area contributed by atoms with Crippen molar-refractivity contribution >= 4 is 0 Å². The van der Waals surface area contributed by atoms with E-state index in [1.54, 1.807) is 0 Å². The molecule has 2 heteroatoms. The molecule has 1 aromatic heterocycles. The first-order valence-electron chi connectivity index (χ1n) is 6.10. The lowest BCUT2D eigenvalue weighted by Crippen LogP contribution is -3.00. The highest BCUT2D eigenvalue weighted by Gasteiger charge is 2.12. The molecule has 0 fully saturated rings. The molecule has 0 aliphatic carbocycles. The molecular weight excluding hydrogens is 242 g/mol. The van der Waals surface area contributed by atoms with Gasteiger partial charge in [0.15, 0.2) is 18.9 Å². The molecule has 18 heavy (non-hydrogen) atoms. The Hall–Kier alpha value is -1.34. The molecule has 96 valence electrons. The molecule has 0 amide bonds. The largest absolute Gasteiger partial charge is 1.00 e. The molecule has 2 rings (SSSR count). The predicted octanol–water partition coefficient (Wildman–Crippen LogP) is 0.260. The summed E-state index contributed by atoms with van der Waals surface area (Å²) in [5.74, 6) is 0. The molecule has 1 nitrogen and oxygen atoms in total. The summed E-state index contributed by atoms with van der Waals surface area (Å²) < 4.78 is 2.23. The lowest BCUT2D eigenvalue weighted by Gasteiger charge is -2.12. The molecule has 0 saturated carbocycles. The molecule has 0 unspecified atom stereocenters. The van der Waals surface area contributed by atoms with Crippen LogP contribution < -0.4 is 17.0 Å². The molecule has 0 aliphatic heterocycles. The number of benzene rings is 1. The minimum absolute atomic E-state index is 0. The number of hydrogen-bond donors (Lipinski definition) is 0. The number of rotatable bonds is 2. The van der Waals surface area contributed by atoms with E-state index in [0.29, 0.717) is 0 Å². The van der Waals surface area contributed by atoms with Crippen molar-refractivity contribution in [2.75, 3.05) is 0 Å². The van der Waals surface area contributed by atoms with Crippen LogP contribution in [0.1, 0.15) is 27.8 Å². The summed E-state index contributed by atoms with van der Waals surface area (Å²) in [5, 5.41) is 0. The van der Waals surface area contributed by atoms with E-state index >= 15 is 0 Å². The fraction of sp³-hybridized carbons (Fsp3) is 0.312. The maximum absolute atomic E-state index is 2.28. The molecule has 0 bridgehead atoms. The Bertz CT molecular complexity index is 506. The predicted molar refractivity (Wildman–Crippen MR) is 71.1 cm³/mol. The Morgan fingerprint density at radius 1 is 0.833 bits per heavy atom. The van der Waals surface area contributed by atoms with E-state index in [9.17, 15) is 0 Å². The van der Waals surface area contributed by atoms with Crippen LogP contribution in [0.25, 0.3) is 0 Å². The number of halogens is 1. The van der Waals surface area contributed by atoms with E-state index in [-0.39, 0.29) is 12.4 Å². The van der Waals surface area contributed by atoms with Gasteiger partial charge in [-0.05, 0) is 49.9 Å². The van der Waals surface area contributed by atoms with Crippen LogP contribution in [-0.2, 0) is 6.54 Å². The quantitative estimate of drug-likeness (QED) is 0.683. The van der Waals surface area contributed by atoms with E-state index < -0.39 is 0 Å². The van der Waals surface area contributed by atoms with Crippen LogP contribution in [0.3, 0.4) is 0 Å². The van der Waals surface area contributed by atoms with Crippen molar-refractivity contribution in [3.8, 4) is 0 Å². The van der Waals surface area contributed by atoms with Crippen molar-refractivity contribution in [3.05, 3.63) is 64.5 Å². The van der Waals surface area contributed by atoms with Crippen LogP contribution >= 0.6 is 0 Å². The zero-order chi connectivity index (χ0) is 12.4. The third kappa shape index (κ3) is 2.91. The highest BCUT2D eigenvalue weighted by molar-refractivity contribution is 5.43. The molecule has 0 aliphatic rings. The average Bonchev–Trinajstić information content (AvgIpc) is 2.33. The van der Waals surface area contributed by atoms with E-state index in [2.05, 4.69) is 68.9 Å². The number of pyridine rings is 1. The van der Waals surface area contributed by atoms with Crippen molar-refractivity contribution < 1.29 is 17.0 Å². The zero-order valence-corrected chi connectivity index (χ0v) is 12.3. The Morgan fingerprint density at radius 3 is 1.83 bits per heavy atom. The van der Waals surface area contributed by atoms with Crippen LogP contribution in [0.5, 0.6) is 0 Å². The van der Waals surface area contributed by atoms with Gasteiger partial charge >= 0.3 is 0 Å². The van der Waals surface area contributed by atoms with Crippen LogP contribution in [-0.4, -0.2) is 0 Å². The van der Waals surface area contributed by atoms with Crippen LogP contribution in [0.2, 0.25) is 0 Å². The second-order valence-corrected chi connectivity index (χ2v) is 4.79. The Morgan fingerprint density at radius 2 is 1.33 bits per heavy atom. The number of hydrogen-bond acceptors (Lipinski definition) is 0. The van der Waals surface area contributed by atoms with Gasteiger partial charge in [0.2, 0.25) is 0 Å². The maximum atomic E-state index is 2.28. The van der Waals surface area contributed by atoms with Gasteiger partial charge in [0.1, 0.15) is 0 Å². The van der Waals surface area contributed by atoms with Gasteiger partial charge in [-0.1, -0.05) is 12.1 Å². The van der Waals surface area contributed by atoms with Crippen molar-refractivity contribution in [1.29, 1.82) is 0 Å². The summed E-state index contributed by atoms with van der Waals surface area (Å²) in [6, 6.07) is 8.49. The maximum Gasteiger partial charge on any atom is 0.174 e. The first kappa shape index (κ1) is 14.7. The summed E-state index contributed by atoms with van der Waals surface area (Å²) >= 11 is 0. The molecule has 0 N–H and O–H groups in total. The van der Waals surface area contributed by atoms with Gasteiger partial charge in [-0.3, -0.25) is 0 Å². The topological polar surface area (TPSA) is 3.88 Å². The Balaban J connectivity index is 0.00000162. The number of aromatic nitrogens is 1. The standard InChI is InChI=1S/C16H20N.ClH/c1-12-10-13(2)15(4)16(14(12)3)11-17-8-6-5-7-9-17;/h5-10H,11H2,1-4H3;1H/q+1;/p-1. The van der Waals surface area contributed by atoms with Gasteiger partial charge in [0.05, 0.1) is 0 Å². The first-order valence-corrected chi connectivity index (χ1v) is 6.10. The van der Waals surface area contributed by atoms with E-state index in [1.165, 1.54) is 27.8 Å². The highest BCUT2D eigenvalue weighted by atomic mass is 35.5. The normalized spacial score (nSPS) is 10.0. The number of nitrogens with zero attached hydrogens (tertiary/aromatic N) is 1. The summed E-state index contributed by atoms with van der Waals surface area (Å²) in [7, 11) is 0. The van der Waals surface area contributed by atoms with Crippen LogP contribution in [0.15, 0.2) is 36.7 Å². The van der Waals surface area contributed by atoms with Crippen LogP contribution in [0.4, 0.5) is 0 Å². The molecule has 1 aromatic carbocycles. The van der Waals surface area contributed by atoms with E-state index in [1.807, 2.05) is 0 Å². The molecule has 0 atom stereocenters. The van der Waals surface area contributed by atoms with Crippen molar-refractivity contribution in [2.45, 2.75) is 34.2 Å². The lowest BCUT2D eigenvalue weighted by atomic mass is 9.94. The Labute approximate surface area is 116 Å². The second-order valence-electron chi connectivity index (χ2n) is 4.79. The molecular formula is C16H20ClN. The SMILES string of the molecule is Cc1cc(C)c(C)c(C[n+]2ccccc2)c1C.[Cl-]. The van der Waals surface area contributed by atoms with E-state index in [4.69, 9.17) is 0 Å². The highest BCUT2D eigenvalue weighted by Crippen LogP contribution is 2.21. The van der Waals surface area contributed by atoms with Gasteiger partial charge in [-0.2, -0.15) is 0 Å². The second kappa shape index (κ2) is 6.01. The Kier molecular flexibility index (Phi) is 4.92. The molecule has 0 saturated heterocycles. The van der Waals surface area contributed by atoms with Crippen molar-refractivity contribution in [1.82, 2.24) is 0 Å². The summed E-state index contributed by atoms with van der Waals surface area (Å²) in [5.41, 5.74) is 7.08. The summed E-state index contributed by atoms with van der Waals surface area (Å²) in [4.78, 5) is 0. The lowest BCUT2D eigenvalue weighted by molar-refractivity contribution is -0.688. The van der Waals surface area contributed by atoms with Crippen molar-refractivity contribution in [3.63, 3.8) is 0 Å². The molecule has 0 radical (unpaired) electrons. The molecule has 0 spiro atoms. The van der Waals surface area contributed by atoms with Crippen molar-refractivity contribution in [2.24, 2.45) is 0 Å². The first-order chi connectivity index (χ1) is 8.09. The summed E-state index contributed by atoms with van der Waals surface area (Å²) in [6.45, 7) is 9.80. The van der Waals surface area contributed by atoms with Gasteiger partial charge in [-0.25, -0.2) is 4.57 Å². The zero-order valence-electron chi connectivity index (χ0n) is 11.5. The fourth-order valence-corrected chi connectivity index (χ4v) is 2.26. The third-order valence-electron chi connectivity index (χ3n) is 3.64. The fourth-order valence-electron chi connectivity index (χ4n) is 2.26. The van der Waals surface area contributed by atoms with Crippen LogP contribution in [0, 0.1) is 27.7 Å². The van der Waals surface area contributed by atoms with Gasteiger partial charge in [-0.15, -0.1) is 0 Å². The minimum atomic E-state index is 0. The number of aryl methyl sites for hydroxylation is 2. The summed E-state index contributed by atoms with van der Waals surface area (Å²) in [6.07, 6.45) is 4.24. The molecule has 2 aromatic rings. The third-order valence-corrected chi connectivity index (χ3v) is 3.64. The van der Waals surface area contributed by atoms with E-state index in [0.717, 1.165) is 6.54 Å². The molecule has 1 heterocycles. The monoisotopic (exact) mass is 261 g/mol. The van der Waals surface area contributed by atoms with Gasteiger partial charge in [0, 0.05) is 17.7 Å². The van der Waals surface area contributed by atoms with Gasteiger partial charge in [0.25, 0.3) is 0 Å². The minimum Gasteiger partial charge on any atom is -1.00 e. The van der Waals surface area contributed by atoms with Gasteiger partial charge < -0.3 is 12.4 Å². The average molecular weight is 262 g/mol.